The normalized spacial score (nSPS) is 53.8. The van der Waals surface area contributed by atoms with E-state index in [1.54, 1.807) is 6.92 Å². The van der Waals surface area contributed by atoms with Gasteiger partial charge in [0.15, 0.2) is 6.29 Å². The summed E-state index contributed by atoms with van der Waals surface area (Å²) in [7, 11) is 0. The lowest BCUT2D eigenvalue weighted by molar-refractivity contribution is -0.313. The number of aliphatic hydroxyl groups is 5. The van der Waals surface area contributed by atoms with E-state index in [0.29, 0.717) is 24.7 Å². The highest BCUT2D eigenvalue weighted by atomic mass is 16.7. The molecule has 0 aromatic heterocycles. The van der Waals surface area contributed by atoms with E-state index in [0.717, 1.165) is 32.1 Å². The molecule has 3 saturated carbocycles. The minimum Gasteiger partial charge on any atom is -0.394 e. The van der Waals surface area contributed by atoms with E-state index in [9.17, 15) is 30.3 Å². The van der Waals surface area contributed by atoms with E-state index < -0.39 is 43.4 Å². The molecule has 4 fully saturated rings. The molecular weight excluding hydrogens is 452 g/mol. The molecule has 5 rings (SSSR count). The molecule has 5 N–H and O–H groups in total. The van der Waals surface area contributed by atoms with Crippen LogP contribution in [0.25, 0.3) is 0 Å². The van der Waals surface area contributed by atoms with Crippen LogP contribution in [0.15, 0.2) is 11.6 Å². The maximum absolute atomic E-state index is 12.4. The predicted molar refractivity (Wildman–Crippen MR) is 126 cm³/mol. The Morgan fingerprint density at radius 3 is 2.54 bits per heavy atom. The molecular formula is C27H42O8. The quantitative estimate of drug-likeness (QED) is 0.369. The van der Waals surface area contributed by atoms with Crippen molar-refractivity contribution in [3.63, 3.8) is 0 Å². The molecule has 0 aromatic carbocycles. The van der Waals surface area contributed by atoms with Gasteiger partial charge in [-0.05, 0) is 80.5 Å². The highest BCUT2D eigenvalue weighted by molar-refractivity contribution is 5.79. The lowest BCUT2D eigenvalue weighted by atomic mass is 9.47. The van der Waals surface area contributed by atoms with Crippen molar-refractivity contribution in [2.24, 2.45) is 34.5 Å². The van der Waals surface area contributed by atoms with Crippen LogP contribution in [0.3, 0.4) is 0 Å². The average molecular weight is 495 g/mol. The SMILES string of the molecule is CC(=O)C1CC(O)C2C3CC=C4CC(OC5OC(CO)C(O)C(O)C5O)CCC4(C)C3CCC12C. The first kappa shape index (κ1) is 25.8. The summed E-state index contributed by atoms with van der Waals surface area (Å²) >= 11 is 0. The first-order chi connectivity index (χ1) is 16.5. The highest BCUT2D eigenvalue weighted by Gasteiger charge is 2.62. The van der Waals surface area contributed by atoms with Gasteiger partial charge in [0.2, 0.25) is 0 Å². The zero-order valence-corrected chi connectivity index (χ0v) is 21.0. The van der Waals surface area contributed by atoms with E-state index in [1.165, 1.54) is 5.57 Å². The largest absolute Gasteiger partial charge is 0.394 e. The van der Waals surface area contributed by atoms with Gasteiger partial charge in [0, 0.05) is 5.92 Å². The zero-order chi connectivity index (χ0) is 25.3. The van der Waals surface area contributed by atoms with E-state index >= 15 is 0 Å². The second kappa shape index (κ2) is 9.15. The molecule has 0 bridgehead atoms. The van der Waals surface area contributed by atoms with Crippen LogP contribution in [0.1, 0.15) is 65.7 Å². The molecule has 0 aromatic rings. The summed E-state index contributed by atoms with van der Waals surface area (Å²) in [6, 6.07) is 0. The Bertz CT molecular complexity index is 858. The number of allylic oxidation sites excluding steroid dienone is 1. The standard InChI is InChI=1S/C27H42O8/c1-13(29)18-11-19(30)21-16-5-4-14-10-15(6-8-26(14,2)17(16)7-9-27(18,21)3)34-25-24(33)23(32)22(31)20(12-28)35-25/h4,15-25,28,30-33H,5-12H2,1-3H3. The third kappa shape index (κ3) is 3.95. The van der Waals surface area contributed by atoms with Crippen molar-refractivity contribution >= 4 is 5.78 Å². The number of Topliss-reactive ketones (excluding diaryl/α,β-unsaturated/α-hetero) is 1. The lowest BCUT2D eigenvalue weighted by Gasteiger charge is -2.58. The molecule has 1 saturated heterocycles. The summed E-state index contributed by atoms with van der Waals surface area (Å²) in [5.41, 5.74) is 1.23. The van der Waals surface area contributed by atoms with E-state index in [1.807, 2.05) is 0 Å². The lowest BCUT2D eigenvalue weighted by Crippen LogP contribution is -2.60. The van der Waals surface area contributed by atoms with Gasteiger partial charge in [-0.1, -0.05) is 25.5 Å². The van der Waals surface area contributed by atoms with Crippen LogP contribution in [0.5, 0.6) is 0 Å². The summed E-state index contributed by atoms with van der Waals surface area (Å²) in [5, 5.41) is 51.0. The number of carbonyl (C=O) groups excluding carboxylic acids is 1. The van der Waals surface area contributed by atoms with E-state index in [2.05, 4.69) is 19.9 Å². The fourth-order valence-corrected chi connectivity index (χ4v) is 8.81. The van der Waals surface area contributed by atoms with Crippen LogP contribution in [0.4, 0.5) is 0 Å². The maximum atomic E-state index is 12.4. The zero-order valence-electron chi connectivity index (χ0n) is 21.0. The molecule has 13 atom stereocenters. The Hall–Kier alpha value is -0.870. The van der Waals surface area contributed by atoms with Crippen LogP contribution in [-0.2, 0) is 14.3 Å². The second-order valence-electron chi connectivity index (χ2n) is 12.4. The minimum atomic E-state index is -1.44. The van der Waals surface area contributed by atoms with Gasteiger partial charge in [0.05, 0.1) is 18.8 Å². The minimum absolute atomic E-state index is 0.00746. The van der Waals surface area contributed by atoms with Gasteiger partial charge in [0.1, 0.15) is 30.2 Å². The first-order valence-electron chi connectivity index (χ1n) is 13.3. The smallest absolute Gasteiger partial charge is 0.186 e. The van der Waals surface area contributed by atoms with Crippen LogP contribution in [0.2, 0.25) is 0 Å². The fraction of sp³-hybridized carbons (Fsp3) is 0.889. The second-order valence-corrected chi connectivity index (χ2v) is 12.4. The Balaban J connectivity index is 1.31. The molecule has 1 heterocycles. The molecule has 0 spiro atoms. The van der Waals surface area contributed by atoms with Crippen molar-refractivity contribution in [2.45, 2.75) is 109 Å². The molecule has 1 aliphatic heterocycles. The molecule has 5 aliphatic rings. The molecule has 198 valence electrons. The van der Waals surface area contributed by atoms with Crippen molar-refractivity contribution < 1.29 is 39.8 Å². The summed E-state index contributed by atoms with van der Waals surface area (Å²) in [6.45, 7) is 5.77. The Morgan fingerprint density at radius 2 is 1.86 bits per heavy atom. The van der Waals surface area contributed by atoms with Crippen molar-refractivity contribution in [3.8, 4) is 0 Å². The van der Waals surface area contributed by atoms with Crippen LogP contribution < -0.4 is 0 Å². The van der Waals surface area contributed by atoms with Crippen LogP contribution in [-0.4, -0.2) is 80.8 Å². The average Bonchev–Trinajstić information content (AvgIpc) is 3.10. The van der Waals surface area contributed by atoms with Crippen molar-refractivity contribution in [2.75, 3.05) is 6.61 Å². The summed E-state index contributed by atoms with van der Waals surface area (Å²) < 4.78 is 11.7. The Labute approximate surface area is 207 Å². The van der Waals surface area contributed by atoms with Gasteiger partial charge >= 0.3 is 0 Å². The first-order valence-corrected chi connectivity index (χ1v) is 13.3. The van der Waals surface area contributed by atoms with Gasteiger partial charge in [-0.2, -0.15) is 0 Å². The molecule has 0 amide bonds. The topological polar surface area (TPSA) is 137 Å². The predicted octanol–water partition coefficient (Wildman–Crippen LogP) is 1.31. The Kier molecular flexibility index (Phi) is 6.74. The third-order valence-electron chi connectivity index (χ3n) is 10.7. The number of rotatable bonds is 4. The molecule has 4 aliphatic carbocycles. The van der Waals surface area contributed by atoms with Gasteiger partial charge in [-0.25, -0.2) is 0 Å². The van der Waals surface area contributed by atoms with Crippen molar-refractivity contribution in [3.05, 3.63) is 11.6 Å². The van der Waals surface area contributed by atoms with Gasteiger partial charge in [-0.15, -0.1) is 0 Å². The van der Waals surface area contributed by atoms with Crippen LogP contribution in [0, 0.1) is 34.5 Å². The monoisotopic (exact) mass is 494 g/mol. The maximum Gasteiger partial charge on any atom is 0.186 e. The number of hydrogen-bond donors (Lipinski definition) is 5. The Morgan fingerprint density at radius 1 is 1.11 bits per heavy atom. The number of ether oxygens (including phenoxy) is 2. The van der Waals surface area contributed by atoms with Gasteiger partial charge < -0.3 is 35.0 Å². The number of fused-ring (bicyclic) bond motifs is 5. The van der Waals surface area contributed by atoms with Crippen molar-refractivity contribution in [1.82, 2.24) is 0 Å². The van der Waals surface area contributed by atoms with Gasteiger partial charge in [-0.3, -0.25) is 4.79 Å². The van der Waals surface area contributed by atoms with Gasteiger partial charge in [0.25, 0.3) is 0 Å². The third-order valence-corrected chi connectivity index (χ3v) is 10.7. The molecule has 35 heavy (non-hydrogen) atoms. The molecule has 13 unspecified atom stereocenters. The molecule has 0 radical (unpaired) electrons. The number of hydrogen-bond acceptors (Lipinski definition) is 8. The van der Waals surface area contributed by atoms with Crippen LogP contribution >= 0.6 is 0 Å². The van der Waals surface area contributed by atoms with Crippen molar-refractivity contribution in [1.29, 1.82) is 0 Å². The molecule has 8 heteroatoms. The summed E-state index contributed by atoms with van der Waals surface area (Å²) in [6.07, 6.45) is 1.28. The number of carbonyl (C=O) groups is 1. The number of ketones is 1. The summed E-state index contributed by atoms with van der Waals surface area (Å²) in [4.78, 5) is 12.4. The van der Waals surface area contributed by atoms with E-state index in [-0.39, 0.29) is 34.6 Å². The van der Waals surface area contributed by atoms with E-state index in [4.69, 9.17) is 9.47 Å². The fourth-order valence-electron chi connectivity index (χ4n) is 8.81. The number of aliphatic hydroxyl groups excluding tert-OH is 5. The molecule has 8 nitrogen and oxygen atoms in total. The highest BCUT2D eigenvalue weighted by Crippen LogP contribution is 2.66. The summed E-state index contributed by atoms with van der Waals surface area (Å²) in [5.74, 6) is 1.12.